The molecule has 0 spiro atoms. The van der Waals surface area contributed by atoms with Gasteiger partial charge in [-0.25, -0.2) is 14.8 Å². The van der Waals surface area contributed by atoms with Crippen LogP contribution in [0.5, 0.6) is 0 Å². The summed E-state index contributed by atoms with van der Waals surface area (Å²) < 4.78 is 5.11. The van der Waals surface area contributed by atoms with E-state index in [1.165, 1.54) is 0 Å². The number of carbonyl (C=O) groups is 1. The molecule has 1 aliphatic heterocycles. The molecule has 2 N–H and O–H groups in total. The monoisotopic (exact) mass is 398 g/mol. The summed E-state index contributed by atoms with van der Waals surface area (Å²) in [6, 6.07) is 8.48. The summed E-state index contributed by atoms with van der Waals surface area (Å²) >= 11 is 0. The summed E-state index contributed by atoms with van der Waals surface area (Å²) in [4.78, 5) is 28.8. The van der Waals surface area contributed by atoms with E-state index in [9.17, 15) is 4.79 Å². The molecule has 1 aromatic carbocycles. The predicted molar refractivity (Wildman–Crippen MR) is 112 cm³/mol. The highest BCUT2D eigenvalue weighted by Crippen LogP contribution is 2.14. The van der Waals surface area contributed by atoms with Crippen LogP contribution in [-0.4, -0.2) is 78.3 Å². The van der Waals surface area contributed by atoms with Crippen LogP contribution in [-0.2, 0) is 4.74 Å². The molecule has 29 heavy (non-hydrogen) atoms. The van der Waals surface area contributed by atoms with Gasteiger partial charge in [-0.2, -0.15) is 0 Å². The largest absolute Gasteiger partial charge is 0.478 e. The second-order valence-electron chi connectivity index (χ2n) is 6.58. The van der Waals surface area contributed by atoms with Crippen molar-refractivity contribution in [2.24, 2.45) is 4.99 Å². The third-order valence-corrected chi connectivity index (χ3v) is 4.57. The number of carboxylic acids is 1. The quantitative estimate of drug-likeness (QED) is 0.413. The van der Waals surface area contributed by atoms with Crippen LogP contribution in [0.15, 0.2) is 47.7 Å². The molecular weight excluding hydrogens is 372 g/mol. The number of rotatable bonds is 7. The molecule has 0 bridgehead atoms. The van der Waals surface area contributed by atoms with E-state index in [-0.39, 0.29) is 5.56 Å². The number of carboxylic acid groups (broad SMARTS) is 1. The van der Waals surface area contributed by atoms with Crippen LogP contribution >= 0.6 is 0 Å². The van der Waals surface area contributed by atoms with Gasteiger partial charge in [0.1, 0.15) is 0 Å². The lowest BCUT2D eigenvalue weighted by molar-refractivity contribution is 0.0697. The van der Waals surface area contributed by atoms with E-state index in [4.69, 9.17) is 14.8 Å². The SMILES string of the molecule is COCCCN=C(Nc1ccc(C(=O)O)cc1)N1CCN(c2ncccn2)CC1. The Hall–Kier alpha value is -3.20. The van der Waals surface area contributed by atoms with E-state index in [2.05, 4.69) is 25.1 Å². The van der Waals surface area contributed by atoms with Crippen LogP contribution in [0.3, 0.4) is 0 Å². The van der Waals surface area contributed by atoms with Gasteiger partial charge >= 0.3 is 5.97 Å². The van der Waals surface area contributed by atoms with Crippen molar-refractivity contribution in [1.29, 1.82) is 0 Å². The van der Waals surface area contributed by atoms with Crippen LogP contribution in [0.1, 0.15) is 16.8 Å². The maximum atomic E-state index is 11.1. The number of aromatic carboxylic acids is 1. The summed E-state index contributed by atoms with van der Waals surface area (Å²) in [7, 11) is 1.68. The standard InChI is InChI=1S/C20H26N6O3/c1-29-15-3-10-23-20(24-17-6-4-16(5-7-17)18(27)28)26-13-11-25(12-14-26)19-21-8-2-9-22-19/h2,4-9H,3,10-15H2,1H3,(H,23,24)(H,27,28). The number of methoxy groups -OCH3 is 1. The van der Waals surface area contributed by atoms with E-state index in [1.807, 2.05) is 6.07 Å². The van der Waals surface area contributed by atoms with E-state index >= 15 is 0 Å². The lowest BCUT2D eigenvalue weighted by Crippen LogP contribution is -2.51. The molecule has 1 saturated heterocycles. The number of benzene rings is 1. The van der Waals surface area contributed by atoms with Gasteiger partial charge in [0.25, 0.3) is 0 Å². The molecule has 0 radical (unpaired) electrons. The van der Waals surface area contributed by atoms with Crippen molar-refractivity contribution >= 4 is 23.6 Å². The van der Waals surface area contributed by atoms with Crippen LogP contribution in [0.25, 0.3) is 0 Å². The molecule has 0 aliphatic carbocycles. The highest BCUT2D eigenvalue weighted by atomic mass is 16.5. The van der Waals surface area contributed by atoms with E-state index in [0.717, 1.165) is 50.2 Å². The summed E-state index contributed by atoms with van der Waals surface area (Å²) in [6.07, 6.45) is 4.33. The summed E-state index contributed by atoms with van der Waals surface area (Å²) in [5, 5.41) is 12.4. The fraction of sp³-hybridized carbons (Fsp3) is 0.400. The molecule has 1 fully saturated rings. The zero-order valence-electron chi connectivity index (χ0n) is 16.5. The second kappa shape index (κ2) is 10.4. The van der Waals surface area contributed by atoms with Crippen molar-refractivity contribution in [3.8, 4) is 0 Å². The lowest BCUT2D eigenvalue weighted by atomic mass is 10.2. The van der Waals surface area contributed by atoms with E-state index in [0.29, 0.717) is 13.2 Å². The molecule has 9 nitrogen and oxygen atoms in total. The molecule has 3 rings (SSSR count). The Balaban J connectivity index is 1.66. The van der Waals surface area contributed by atoms with Gasteiger partial charge in [0.05, 0.1) is 5.56 Å². The average Bonchev–Trinajstić information content (AvgIpc) is 2.77. The minimum atomic E-state index is -0.941. The zero-order valence-corrected chi connectivity index (χ0v) is 16.5. The normalized spacial score (nSPS) is 14.7. The minimum absolute atomic E-state index is 0.255. The molecule has 2 aromatic rings. The van der Waals surface area contributed by atoms with Crippen LogP contribution < -0.4 is 10.2 Å². The van der Waals surface area contributed by atoms with E-state index in [1.54, 1.807) is 43.8 Å². The van der Waals surface area contributed by atoms with Gasteiger partial charge in [0.2, 0.25) is 5.95 Å². The number of guanidine groups is 1. The Labute approximate surface area is 170 Å². The Morgan fingerprint density at radius 1 is 1.17 bits per heavy atom. The number of aliphatic imine (C=N–C) groups is 1. The van der Waals surface area contributed by atoms with Gasteiger partial charge in [-0.05, 0) is 36.8 Å². The number of nitrogens with zero attached hydrogens (tertiary/aromatic N) is 5. The number of nitrogens with one attached hydrogen (secondary N) is 1. The maximum absolute atomic E-state index is 11.1. The molecular formula is C20H26N6O3. The number of ether oxygens (including phenoxy) is 1. The highest BCUT2D eigenvalue weighted by Gasteiger charge is 2.21. The molecule has 0 atom stereocenters. The summed E-state index contributed by atoms with van der Waals surface area (Å²) in [5.41, 5.74) is 1.06. The molecule has 0 saturated carbocycles. The van der Waals surface area contributed by atoms with Crippen molar-refractivity contribution in [2.45, 2.75) is 6.42 Å². The number of piperazine rings is 1. The fourth-order valence-electron chi connectivity index (χ4n) is 3.01. The van der Waals surface area contributed by atoms with Crippen LogP contribution in [0.2, 0.25) is 0 Å². The number of hydrogen-bond donors (Lipinski definition) is 2. The molecule has 1 aromatic heterocycles. The smallest absolute Gasteiger partial charge is 0.335 e. The van der Waals surface area contributed by atoms with Crippen molar-refractivity contribution in [2.75, 3.05) is 56.7 Å². The van der Waals surface area contributed by atoms with Crippen molar-refractivity contribution in [3.05, 3.63) is 48.3 Å². The minimum Gasteiger partial charge on any atom is -0.478 e. The zero-order chi connectivity index (χ0) is 20.5. The molecule has 0 unspecified atom stereocenters. The molecule has 154 valence electrons. The first-order valence-corrected chi connectivity index (χ1v) is 9.58. The first-order chi connectivity index (χ1) is 14.2. The molecule has 9 heteroatoms. The first-order valence-electron chi connectivity index (χ1n) is 9.58. The highest BCUT2D eigenvalue weighted by molar-refractivity contribution is 5.94. The van der Waals surface area contributed by atoms with Crippen LogP contribution in [0, 0.1) is 0 Å². The van der Waals surface area contributed by atoms with Crippen molar-refractivity contribution < 1.29 is 14.6 Å². The van der Waals surface area contributed by atoms with Crippen LogP contribution in [0.4, 0.5) is 11.6 Å². The van der Waals surface area contributed by atoms with Crippen molar-refractivity contribution in [3.63, 3.8) is 0 Å². The van der Waals surface area contributed by atoms with Gasteiger partial charge in [0.15, 0.2) is 5.96 Å². The van der Waals surface area contributed by atoms with Gasteiger partial charge in [-0.3, -0.25) is 4.99 Å². The number of aromatic nitrogens is 2. The third-order valence-electron chi connectivity index (χ3n) is 4.57. The predicted octanol–water partition coefficient (Wildman–Crippen LogP) is 1.80. The topological polar surface area (TPSA) is 103 Å². The van der Waals surface area contributed by atoms with Crippen molar-refractivity contribution in [1.82, 2.24) is 14.9 Å². The van der Waals surface area contributed by atoms with E-state index < -0.39 is 5.97 Å². The fourth-order valence-corrected chi connectivity index (χ4v) is 3.01. The Morgan fingerprint density at radius 2 is 1.86 bits per heavy atom. The maximum Gasteiger partial charge on any atom is 0.335 e. The Kier molecular flexibility index (Phi) is 7.34. The van der Waals surface area contributed by atoms with Gasteiger partial charge in [-0.15, -0.1) is 0 Å². The Bertz CT molecular complexity index is 805. The summed E-state index contributed by atoms with van der Waals surface area (Å²) in [5.74, 6) is 0.574. The third kappa shape index (κ3) is 5.89. The number of hydrogen-bond acceptors (Lipinski definition) is 6. The first kappa shape index (κ1) is 20.5. The molecule has 2 heterocycles. The lowest BCUT2D eigenvalue weighted by Gasteiger charge is -2.36. The summed E-state index contributed by atoms with van der Waals surface area (Å²) in [6.45, 7) is 4.44. The van der Waals surface area contributed by atoms with Gasteiger partial charge in [0, 0.05) is 64.5 Å². The molecule has 1 aliphatic rings. The molecule has 0 amide bonds. The Morgan fingerprint density at radius 3 is 2.48 bits per heavy atom. The average molecular weight is 398 g/mol. The number of anilines is 2. The van der Waals surface area contributed by atoms with Gasteiger partial charge in [-0.1, -0.05) is 0 Å². The van der Waals surface area contributed by atoms with Gasteiger partial charge < -0.3 is 25.0 Å². The second-order valence-corrected chi connectivity index (χ2v) is 6.58.